The van der Waals surface area contributed by atoms with Crippen LogP contribution < -0.4 is 0 Å². The summed E-state index contributed by atoms with van der Waals surface area (Å²) in [5.41, 5.74) is 0. The Labute approximate surface area is 112 Å². The van der Waals surface area contributed by atoms with Gasteiger partial charge in [0, 0.05) is 31.1 Å². The molecule has 1 aromatic rings. The quantitative estimate of drug-likeness (QED) is 0.896. The second-order valence-electron chi connectivity index (χ2n) is 4.62. The topological polar surface area (TPSA) is 43.8 Å². The van der Waals surface area contributed by atoms with Crippen LogP contribution in [0, 0.1) is 6.92 Å². The number of amides is 1. The van der Waals surface area contributed by atoms with Gasteiger partial charge in [0.25, 0.3) is 5.91 Å². The Morgan fingerprint density at radius 2 is 2.17 bits per heavy atom. The molecule has 0 aromatic carbocycles. The zero-order valence-electron chi connectivity index (χ0n) is 10.8. The zero-order valence-corrected chi connectivity index (χ0v) is 11.6. The summed E-state index contributed by atoms with van der Waals surface area (Å²) in [7, 11) is 0. The summed E-state index contributed by atoms with van der Waals surface area (Å²) in [5.74, 6) is 0.152. The molecule has 0 unspecified atom stereocenters. The Morgan fingerprint density at radius 1 is 1.33 bits per heavy atom. The zero-order chi connectivity index (χ0) is 13.0. The highest BCUT2D eigenvalue weighted by Crippen LogP contribution is 2.18. The van der Waals surface area contributed by atoms with Crippen molar-refractivity contribution in [3.05, 3.63) is 21.9 Å². The first-order chi connectivity index (χ1) is 8.70. The van der Waals surface area contributed by atoms with Gasteiger partial charge in [0.15, 0.2) is 0 Å². The van der Waals surface area contributed by atoms with Crippen molar-refractivity contribution in [1.82, 2.24) is 9.80 Å². The van der Waals surface area contributed by atoms with E-state index in [-0.39, 0.29) is 12.5 Å². The fourth-order valence-corrected chi connectivity index (χ4v) is 3.08. The molecule has 0 saturated carbocycles. The van der Waals surface area contributed by atoms with Crippen LogP contribution >= 0.6 is 11.3 Å². The molecule has 2 rings (SSSR count). The summed E-state index contributed by atoms with van der Waals surface area (Å²) in [6, 6.07) is 3.91. The van der Waals surface area contributed by atoms with E-state index in [0.29, 0.717) is 6.54 Å². The molecule has 1 N–H and O–H groups in total. The number of aliphatic hydroxyl groups is 1. The molecule has 1 fully saturated rings. The van der Waals surface area contributed by atoms with Crippen molar-refractivity contribution in [2.45, 2.75) is 13.3 Å². The highest BCUT2D eigenvalue weighted by molar-refractivity contribution is 7.13. The highest BCUT2D eigenvalue weighted by Gasteiger charge is 2.20. The summed E-state index contributed by atoms with van der Waals surface area (Å²) < 4.78 is 0. The van der Waals surface area contributed by atoms with Crippen LogP contribution in [0.15, 0.2) is 12.1 Å². The van der Waals surface area contributed by atoms with E-state index >= 15 is 0 Å². The second-order valence-corrected chi connectivity index (χ2v) is 5.91. The molecule has 0 aliphatic carbocycles. The predicted molar refractivity (Wildman–Crippen MR) is 73.1 cm³/mol. The summed E-state index contributed by atoms with van der Waals surface area (Å²) in [4.78, 5) is 18.5. The van der Waals surface area contributed by atoms with Crippen LogP contribution in [0.25, 0.3) is 0 Å². The lowest BCUT2D eigenvalue weighted by atomic mass is 10.3. The maximum atomic E-state index is 12.3. The number of carbonyl (C=O) groups is 1. The molecule has 0 radical (unpaired) electrons. The lowest BCUT2D eigenvalue weighted by molar-refractivity contribution is 0.0765. The van der Waals surface area contributed by atoms with E-state index in [4.69, 9.17) is 5.11 Å². The SMILES string of the molecule is Cc1ccc(C(=O)N2CCCN(CCO)CC2)s1. The van der Waals surface area contributed by atoms with Crippen LogP contribution in [0.3, 0.4) is 0 Å². The fraction of sp³-hybridized carbons (Fsp3) is 0.615. The van der Waals surface area contributed by atoms with Crippen molar-refractivity contribution in [3.8, 4) is 0 Å². The van der Waals surface area contributed by atoms with Crippen LogP contribution in [0.4, 0.5) is 0 Å². The van der Waals surface area contributed by atoms with Gasteiger partial charge in [-0.3, -0.25) is 9.69 Å². The third kappa shape index (κ3) is 3.31. The Hall–Kier alpha value is -0.910. The normalized spacial score (nSPS) is 17.8. The molecule has 4 nitrogen and oxygen atoms in total. The Morgan fingerprint density at radius 3 is 2.83 bits per heavy atom. The standard InChI is InChI=1S/C13H20N2O2S/c1-11-3-4-12(18-11)13(17)15-6-2-5-14(7-8-15)9-10-16/h3-4,16H,2,5-10H2,1H3. The predicted octanol–water partition coefficient (Wildman–Crippen LogP) is 1.20. The molecule has 18 heavy (non-hydrogen) atoms. The van der Waals surface area contributed by atoms with E-state index in [9.17, 15) is 4.79 Å². The second kappa shape index (κ2) is 6.31. The van der Waals surface area contributed by atoms with Gasteiger partial charge in [0.2, 0.25) is 0 Å². The van der Waals surface area contributed by atoms with Gasteiger partial charge in [-0.25, -0.2) is 0 Å². The molecule has 0 spiro atoms. The van der Waals surface area contributed by atoms with Crippen molar-refractivity contribution < 1.29 is 9.90 Å². The van der Waals surface area contributed by atoms with Gasteiger partial charge in [-0.1, -0.05) is 0 Å². The molecular weight excluding hydrogens is 248 g/mol. The lowest BCUT2D eigenvalue weighted by Gasteiger charge is -2.20. The van der Waals surface area contributed by atoms with Crippen molar-refractivity contribution in [2.75, 3.05) is 39.3 Å². The minimum atomic E-state index is 0.152. The van der Waals surface area contributed by atoms with Crippen molar-refractivity contribution >= 4 is 17.2 Å². The maximum absolute atomic E-state index is 12.3. The summed E-state index contributed by atoms with van der Waals surface area (Å²) in [6.45, 7) is 6.32. The number of thiophene rings is 1. The van der Waals surface area contributed by atoms with Gasteiger partial charge in [-0.05, 0) is 32.0 Å². The van der Waals surface area contributed by atoms with Gasteiger partial charge in [-0.2, -0.15) is 0 Å². The number of carbonyl (C=O) groups excluding carboxylic acids is 1. The van der Waals surface area contributed by atoms with E-state index < -0.39 is 0 Å². The summed E-state index contributed by atoms with van der Waals surface area (Å²) in [5, 5.41) is 8.95. The van der Waals surface area contributed by atoms with Gasteiger partial charge < -0.3 is 10.0 Å². The minimum absolute atomic E-state index is 0.152. The molecule has 0 bridgehead atoms. The van der Waals surface area contributed by atoms with Gasteiger partial charge in [0.1, 0.15) is 0 Å². The fourth-order valence-electron chi connectivity index (χ4n) is 2.24. The van der Waals surface area contributed by atoms with Crippen molar-refractivity contribution in [2.24, 2.45) is 0 Å². The largest absolute Gasteiger partial charge is 0.395 e. The highest BCUT2D eigenvalue weighted by atomic mass is 32.1. The lowest BCUT2D eigenvalue weighted by Crippen LogP contribution is -2.35. The van der Waals surface area contributed by atoms with E-state index in [1.54, 1.807) is 11.3 Å². The summed E-state index contributed by atoms with van der Waals surface area (Å²) in [6.07, 6.45) is 0.982. The average Bonchev–Trinajstić information content (AvgIpc) is 2.65. The molecule has 1 aromatic heterocycles. The number of β-amino-alcohol motifs (C(OH)–C–C–N with tert-alkyl or cyclic N) is 1. The Balaban J connectivity index is 1.95. The first-order valence-electron chi connectivity index (χ1n) is 6.39. The van der Waals surface area contributed by atoms with Gasteiger partial charge in [0.05, 0.1) is 11.5 Å². The van der Waals surface area contributed by atoms with Crippen LogP contribution in [-0.2, 0) is 0 Å². The van der Waals surface area contributed by atoms with E-state index in [1.165, 1.54) is 4.88 Å². The van der Waals surface area contributed by atoms with Gasteiger partial charge in [-0.15, -0.1) is 11.3 Å². The average molecular weight is 268 g/mol. The molecule has 1 aliphatic heterocycles. The molecule has 100 valence electrons. The number of aliphatic hydroxyl groups excluding tert-OH is 1. The monoisotopic (exact) mass is 268 g/mol. The number of nitrogens with zero attached hydrogens (tertiary/aromatic N) is 2. The molecular formula is C13H20N2O2S. The first kappa shape index (κ1) is 13.5. The Bertz CT molecular complexity index is 405. The van der Waals surface area contributed by atoms with Gasteiger partial charge >= 0.3 is 0 Å². The van der Waals surface area contributed by atoms with Crippen LogP contribution in [0.2, 0.25) is 0 Å². The third-order valence-electron chi connectivity index (χ3n) is 3.24. The molecule has 2 heterocycles. The third-order valence-corrected chi connectivity index (χ3v) is 4.23. The number of aryl methyl sites for hydroxylation is 1. The smallest absolute Gasteiger partial charge is 0.263 e. The molecule has 1 amide bonds. The van der Waals surface area contributed by atoms with Crippen LogP contribution in [-0.4, -0.2) is 60.1 Å². The van der Waals surface area contributed by atoms with Crippen molar-refractivity contribution in [1.29, 1.82) is 0 Å². The number of hydrogen-bond donors (Lipinski definition) is 1. The summed E-state index contributed by atoms with van der Waals surface area (Å²) >= 11 is 1.56. The van der Waals surface area contributed by atoms with E-state index in [0.717, 1.165) is 37.5 Å². The Kier molecular flexibility index (Phi) is 4.74. The molecule has 1 aliphatic rings. The van der Waals surface area contributed by atoms with Crippen LogP contribution in [0.5, 0.6) is 0 Å². The molecule has 5 heteroatoms. The number of rotatable bonds is 3. The first-order valence-corrected chi connectivity index (χ1v) is 7.21. The molecule has 0 atom stereocenters. The van der Waals surface area contributed by atoms with Crippen molar-refractivity contribution in [3.63, 3.8) is 0 Å². The van der Waals surface area contributed by atoms with E-state index in [1.807, 2.05) is 24.0 Å². The van der Waals surface area contributed by atoms with E-state index in [2.05, 4.69) is 4.90 Å². The van der Waals surface area contributed by atoms with Crippen LogP contribution in [0.1, 0.15) is 21.0 Å². The number of hydrogen-bond acceptors (Lipinski definition) is 4. The maximum Gasteiger partial charge on any atom is 0.263 e. The minimum Gasteiger partial charge on any atom is -0.395 e. The molecule has 1 saturated heterocycles.